The SMILES string of the molecule is COc1cncc(NC(=O)Nc2cnc(-n3nccn3)c(C(F)(F)F)c2)c1C(C)OC. The molecule has 0 spiro atoms. The lowest BCUT2D eigenvalue weighted by Gasteiger charge is -2.19. The summed E-state index contributed by atoms with van der Waals surface area (Å²) in [6.07, 6.45) is 1.14. The van der Waals surface area contributed by atoms with E-state index in [2.05, 4.69) is 30.8 Å². The van der Waals surface area contributed by atoms with E-state index >= 15 is 0 Å². The number of alkyl halides is 3. The molecule has 0 aliphatic heterocycles. The van der Waals surface area contributed by atoms with Crippen molar-refractivity contribution in [1.82, 2.24) is 25.0 Å². The summed E-state index contributed by atoms with van der Waals surface area (Å²) >= 11 is 0. The molecule has 2 N–H and O–H groups in total. The van der Waals surface area contributed by atoms with Gasteiger partial charge in [0.15, 0.2) is 5.82 Å². The lowest BCUT2D eigenvalue weighted by atomic mass is 10.1. The number of ether oxygens (including phenoxy) is 2. The molecule has 1 atom stereocenters. The van der Waals surface area contributed by atoms with Crippen LogP contribution in [0.5, 0.6) is 5.75 Å². The molecular weight excluding hydrogens is 419 g/mol. The Hall–Kier alpha value is -3.74. The van der Waals surface area contributed by atoms with E-state index in [4.69, 9.17) is 9.47 Å². The van der Waals surface area contributed by atoms with Gasteiger partial charge in [-0.25, -0.2) is 9.78 Å². The zero-order valence-electron chi connectivity index (χ0n) is 16.6. The molecule has 0 aliphatic rings. The Bertz CT molecular complexity index is 1060. The number of rotatable bonds is 6. The number of urea groups is 1. The maximum Gasteiger partial charge on any atom is 0.420 e. The smallest absolute Gasteiger partial charge is 0.420 e. The molecule has 0 fully saturated rings. The Labute approximate surface area is 174 Å². The van der Waals surface area contributed by atoms with E-state index in [0.29, 0.717) is 11.3 Å². The minimum Gasteiger partial charge on any atom is -0.495 e. The Kier molecular flexibility index (Phi) is 6.34. The summed E-state index contributed by atoms with van der Waals surface area (Å²) in [6.45, 7) is 1.74. The Balaban J connectivity index is 1.87. The molecule has 1 unspecified atom stereocenters. The molecule has 0 saturated heterocycles. The molecule has 0 saturated carbocycles. The van der Waals surface area contributed by atoms with Gasteiger partial charge >= 0.3 is 12.2 Å². The van der Waals surface area contributed by atoms with Gasteiger partial charge in [-0.3, -0.25) is 4.98 Å². The van der Waals surface area contributed by atoms with Gasteiger partial charge in [0.25, 0.3) is 0 Å². The minimum atomic E-state index is -4.75. The summed E-state index contributed by atoms with van der Waals surface area (Å²) < 4.78 is 51.0. The second-order valence-electron chi connectivity index (χ2n) is 6.17. The number of amides is 2. The second kappa shape index (κ2) is 8.95. The summed E-state index contributed by atoms with van der Waals surface area (Å²) in [7, 11) is 2.92. The fourth-order valence-corrected chi connectivity index (χ4v) is 2.75. The average Bonchev–Trinajstić information content (AvgIpc) is 3.27. The van der Waals surface area contributed by atoms with Crippen LogP contribution in [-0.2, 0) is 10.9 Å². The van der Waals surface area contributed by atoms with Crippen LogP contribution in [0.2, 0.25) is 0 Å². The number of hydrogen-bond acceptors (Lipinski definition) is 7. The summed E-state index contributed by atoms with van der Waals surface area (Å²) in [6, 6.07) is -0.0622. The van der Waals surface area contributed by atoms with Crippen molar-refractivity contribution in [1.29, 1.82) is 0 Å². The van der Waals surface area contributed by atoms with Crippen LogP contribution in [0.25, 0.3) is 5.82 Å². The van der Waals surface area contributed by atoms with Crippen LogP contribution >= 0.6 is 0 Å². The normalized spacial score (nSPS) is 12.3. The predicted molar refractivity (Wildman–Crippen MR) is 103 cm³/mol. The quantitative estimate of drug-likeness (QED) is 0.607. The van der Waals surface area contributed by atoms with Crippen LogP contribution in [0.4, 0.5) is 29.3 Å². The number of methoxy groups -OCH3 is 2. The summed E-state index contributed by atoms with van der Waals surface area (Å²) in [4.78, 5) is 20.9. The van der Waals surface area contributed by atoms with Gasteiger partial charge in [-0.15, -0.1) is 4.80 Å². The fraction of sp³-hybridized carbons (Fsp3) is 0.278. The number of nitrogens with zero attached hydrogens (tertiary/aromatic N) is 5. The van der Waals surface area contributed by atoms with Crippen LogP contribution in [0.15, 0.2) is 37.1 Å². The summed E-state index contributed by atoms with van der Waals surface area (Å²) in [5, 5.41) is 12.2. The maximum absolute atomic E-state index is 13.5. The Morgan fingerprint density at radius 3 is 2.45 bits per heavy atom. The zero-order chi connectivity index (χ0) is 22.6. The highest BCUT2D eigenvalue weighted by atomic mass is 19.4. The number of nitrogens with one attached hydrogen (secondary N) is 2. The largest absolute Gasteiger partial charge is 0.495 e. The molecule has 2 amide bonds. The highest BCUT2D eigenvalue weighted by Gasteiger charge is 2.36. The number of halogens is 3. The second-order valence-corrected chi connectivity index (χ2v) is 6.17. The van der Waals surface area contributed by atoms with E-state index in [0.717, 1.165) is 17.1 Å². The summed E-state index contributed by atoms with van der Waals surface area (Å²) in [5.74, 6) is -0.138. The van der Waals surface area contributed by atoms with Crippen LogP contribution in [-0.4, -0.2) is 45.2 Å². The molecule has 3 aromatic rings. The molecule has 164 valence electrons. The monoisotopic (exact) mass is 437 g/mol. The first-order chi connectivity index (χ1) is 14.7. The van der Waals surface area contributed by atoms with E-state index in [9.17, 15) is 18.0 Å². The highest BCUT2D eigenvalue weighted by molar-refractivity contribution is 6.00. The zero-order valence-corrected chi connectivity index (χ0v) is 16.6. The lowest BCUT2D eigenvalue weighted by molar-refractivity contribution is -0.137. The van der Waals surface area contributed by atoms with Crippen LogP contribution in [0.1, 0.15) is 24.2 Å². The van der Waals surface area contributed by atoms with E-state index in [1.54, 1.807) is 6.92 Å². The molecule has 0 bridgehead atoms. The van der Waals surface area contributed by atoms with Gasteiger partial charge in [0.2, 0.25) is 0 Å². The number of pyridine rings is 2. The first-order valence-corrected chi connectivity index (χ1v) is 8.81. The third-order valence-corrected chi connectivity index (χ3v) is 4.22. The van der Waals surface area contributed by atoms with Crippen molar-refractivity contribution in [2.45, 2.75) is 19.2 Å². The highest BCUT2D eigenvalue weighted by Crippen LogP contribution is 2.35. The van der Waals surface area contributed by atoms with Crippen molar-refractivity contribution >= 4 is 17.4 Å². The Morgan fingerprint density at radius 1 is 1.13 bits per heavy atom. The third-order valence-electron chi connectivity index (χ3n) is 4.22. The van der Waals surface area contributed by atoms with E-state index < -0.39 is 29.7 Å². The van der Waals surface area contributed by atoms with E-state index in [1.165, 1.54) is 39.0 Å². The van der Waals surface area contributed by atoms with E-state index in [-0.39, 0.29) is 11.4 Å². The number of carbonyl (C=O) groups is 1. The molecule has 3 heterocycles. The van der Waals surface area contributed by atoms with Crippen molar-refractivity contribution in [2.24, 2.45) is 0 Å². The maximum atomic E-state index is 13.5. The number of anilines is 2. The summed E-state index contributed by atoms with van der Waals surface area (Å²) in [5.41, 5.74) is -0.506. The Morgan fingerprint density at radius 2 is 1.84 bits per heavy atom. The molecule has 31 heavy (non-hydrogen) atoms. The van der Waals surface area contributed by atoms with Gasteiger partial charge in [-0.2, -0.15) is 23.4 Å². The fourth-order valence-electron chi connectivity index (χ4n) is 2.75. The molecule has 0 radical (unpaired) electrons. The van der Waals surface area contributed by atoms with Gasteiger partial charge in [0.1, 0.15) is 11.3 Å². The first kappa shape index (κ1) is 22.0. The van der Waals surface area contributed by atoms with Crippen LogP contribution in [0, 0.1) is 0 Å². The van der Waals surface area contributed by atoms with Crippen molar-refractivity contribution in [3.63, 3.8) is 0 Å². The topological polar surface area (TPSA) is 116 Å². The van der Waals surface area contributed by atoms with Gasteiger partial charge in [0.05, 0.1) is 55.6 Å². The third kappa shape index (κ3) is 4.88. The van der Waals surface area contributed by atoms with Gasteiger partial charge in [-0.05, 0) is 13.0 Å². The van der Waals surface area contributed by atoms with E-state index in [1.807, 2.05) is 0 Å². The average molecular weight is 437 g/mol. The van der Waals surface area contributed by atoms with Crippen molar-refractivity contribution in [3.8, 4) is 11.6 Å². The number of hydrogen-bond donors (Lipinski definition) is 2. The van der Waals surface area contributed by atoms with Crippen molar-refractivity contribution < 1.29 is 27.4 Å². The van der Waals surface area contributed by atoms with Crippen molar-refractivity contribution in [2.75, 3.05) is 24.9 Å². The van der Waals surface area contributed by atoms with Crippen molar-refractivity contribution in [3.05, 3.63) is 48.2 Å². The van der Waals surface area contributed by atoms with Gasteiger partial charge < -0.3 is 20.1 Å². The lowest BCUT2D eigenvalue weighted by Crippen LogP contribution is -2.22. The molecular formula is C18H18F3N7O3. The molecule has 0 aliphatic carbocycles. The predicted octanol–water partition coefficient (Wildman–Crippen LogP) is 3.44. The standard InChI is InChI=1S/C18H18F3N7O3/c1-10(30-2)15-13(8-22-9-14(15)31-3)27-17(29)26-11-6-12(18(19,20)21)16(23-7-11)28-24-4-5-25-28/h4-10H,1-3H3,(H2,26,27,29). The molecule has 3 aromatic heterocycles. The molecule has 0 aromatic carbocycles. The van der Waals surface area contributed by atoms with Crippen LogP contribution in [0.3, 0.4) is 0 Å². The number of aromatic nitrogens is 5. The molecule has 10 nitrogen and oxygen atoms in total. The number of carbonyl (C=O) groups excluding carboxylic acids is 1. The molecule has 3 rings (SSSR count). The van der Waals surface area contributed by atoms with Crippen LogP contribution < -0.4 is 15.4 Å². The minimum absolute atomic E-state index is 0.182. The first-order valence-electron chi connectivity index (χ1n) is 8.81. The van der Waals surface area contributed by atoms with Gasteiger partial charge in [-0.1, -0.05) is 0 Å². The molecule has 13 heteroatoms. The van der Waals surface area contributed by atoms with Gasteiger partial charge in [0, 0.05) is 12.7 Å².